The van der Waals surface area contributed by atoms with Gasteiger partial charge < -0.3 is 10.1 Å². The highest BCUT2D eigenvalue weighted by atomic mass is 79.9. The summed E-state index contributed by atoms with van der Waals surface area (Å²) in [5.74, 6) is 2.49. The van der Waals surface area contributed by atoms with E-state index in [9.17, 15) is 4.79 Å². The highest BCUT2D eigenvalue weighted by Gasteiger charge is 2.13. The van der Waals surface area contributed by atoms with Crippen molar-refractivity contribution in [1.82, 2.24) is 5.32 Å². The molecule has 0 spiro atoms. The van der Waals surface area contributed by atoms with Crippen LogP contribution in [-0.4, -0.2) is 24.3 Å². The topological polar surface area (TPSA) is 38.3 Å². The maximum absolute atomic E-state index is 11.9. The van der Waals surface area contributed by atoms with Crippen molar-refractivity contribution in [2.45, 2.75) is 18.8 Å². The minimum absolute atomic E-state index is 0.0803. The van der Waals surface area contributed by atoms with Gasteiger partial charge in [-0.2, -0.15) is 11.8 Å². The first kappa shape index (κ1) is 17.4. The zero-order chi connectivity index (χ0) is 15.8. The van der Waals surface area contributed by atoms with Gasteiger partial charge in [0.15, 0.2) is 6.10 Å². The zero-order valence-corrected chi connectivity index (χ0v) is 15.5. The molecule has 118 valence electrons. The van der Waals surface area contributed by atoms with E-state index in [4.69, 9.17) is 4.74 Å². The van der Waals surface area contributed by atoms with E-state index in [0.29, 0.717) is 12.3 Å². The van der Waals surface area contributed by atoms with Gasteiger partial charge in [-0.15, -0.1) is 11.3 Å². The number of thiophene rings is 1. The number of benzene rings is 1. The zero-order valence-electron chi connectivity index (χ0n) is 12.3. The number of amides is 1. The largest absolute Gasteiger partial charge is 0.481 e. The van der Waals surface area contributed by atoms with E-state index in [1.807, 2.05) is 42.1 Å². The van der Waals surface area contributed by atoms with Crippen molar-refractivity contribution in [3.63, 3.8) is 0 Å². The summed E-state index contributed by atoms with van der Waals surface area (Å²) in [5.41, 5.74) is 0. The third kappa shape index (κ3) is 6.02. The summed E-state index contributed by atoms with van der Waals surface area (Å²) >= 11 is 7.01. The standard InChI is InChI=1S/C16H18BrNO2S2/c1-12(20-13-5-3-2-4-6-13)16(19)18-9-10-21-11-14-7-8-15(17)22-14/h2-8,12H,9-11H2,1H3,(H,18,19). The first-order valence-electron chi connectivity index (χ1n) is 6.96. The Kier molecular flexibility index (Phi) is 7.29. The fourth-order valence-electron chi connectivity index (χ4n) is 1.75. The van der Waals surface area contributed by atoms with Gasteiger partial charge in [0.1, 0.15) is 5.75 Å². The Labute approximate surface area is 147 Å². The van der Waals surface area contributed by atoms with Crippen molar-refractivity contribution >= 4 is 44.9 Å². The van der Waals surface area contributed by atoms with Crippen LogP contribution in [0, 0.1) is 0 Å². The van der Waals surface area contributed by atoms with E-state index in [2.05, 4.69) is 33.4 Å². The molecule has 0 aliphatic carbocycles. The van der Waals surface area contributed by atoms with Gasteiger partial charge in [0.05, 0.1) is 3.79 Å². The lowest BCUT2D eigenvalue weighted by atomic mass is 10.3. The van der Waals surface area contributed by atoms with Gasteiger partial charge in [-0.1, -0.05) is 18.2 Å². The van der Waals surface area contributed by atoms with Gasteiger partial charge in [-0.05, 0) is 47.1 Å². The fraction of sp³-hybridized carbons (Fsp3) is 0.312. The molecule has 1 N–H and O–H groups in total. The quantitative estimate of drug-likeness (QED) is 0.671. The van der Waals surface area contributed by atoms with Crippen molar-refractivity contribution in [2.24, 2.45) is 0 Å². The Balaban J connectivity index is 1.61. The predicted molar refractivity (Wildman–Crippen MR) is 97.7 cm³/mol. The number of hydrogen-bond donors (Lipinski definition) is 1. The Bertz CT molecular complexity index is 589. The van der Waals surface area contributed by atoms with Gasteiger partial charge in [0, 0.05) is 22.9 Å². The van der Waals surface area contributed by atoms with Gasteiger partial charge in [0.25, 0.3) is 5.91 Å². The molecule has 0 saturated carbocycles. The molecule has 0 bridgehead atoms. The van der Waals surface area contributed by atoms with Crippen LogP contribution in [0.3, 0.4) is 0 Å². The van der Waals surface area contributed by atoms with Crippen LogP contribution < -0.4 is 10.1 Å². The number of hydrogen-bond acceptors (Lipinski definition) is 4. The second-order valence-corrected chi connectivity index (χ2v) is 8.28. The van der Waals surface area contributed by atoms with Crippen LogP contribution in [0.5, 0.6) is 5.75 Å². The average Bonchev–Trinajstić information content (AvgIpc) is 2.93. The lowest BCUT2D eigenvalue weighted by Gasteiger charge is -2.14. The summed E-state index contributed by atoms with van der Waals surface area (Å²) in [6.45, 7) is 2.41. The second-order valence-electron chi connectivity index (χ2n) is 4.62. The first-order valence-corrected chi connectivity index (χ1v) is 9.73. The number of carbonyl (C=O) groups is 1. The van der Waals surface area contributed by atoms with Gasteiger partial charge in [0.2, 0.25) is 0 Å². The van der Waals surface area contributed by atoms with Gasteiger partial charge in [-0.3, -0.25) is 4.79 Å². The average molecular weight is 400 g/mol. The van der Waals surface area contributed by atoms with E-state index in [1.54, 1.807) is 18.3 Å². The van der Waals surface area contributed by atoms with Crippen LogP contribution in [0.15, 0.2) is 46.3 Å². The van der Waals surface area contributed by atoms with E-state index in [1.165, 1.54) is 4.88 Å². The van der Waals surface area contributed by atoms with Crippen LogP contribution in [0.25, 0.3) is 0 Å². The third-order valence-electron chi connectivity index (χ3n) is 2.84. The lowest BCUT2D eigenvalue weighted by Crippen LogP contribution is -2.37. The van der Waals surface area contributed by atoms with Gasteiger partial charge in [-0.25, -0.2) is 0 Å². The molecule has 2 aromatic rings. The summed E-state index contributed by atoms with van der Waals surface area (Å²) in [5, 5.41) is 2.90. The van der Waals surface area contributed by atoms with Crippen LogP contribution in [-0.2, 0) is 10.5 Å². The Morgan fingerprint density at radius 1 is 1.32 bits per heavy atom. The van der Waals surface area contributed by atoms with Crippen LogP contribution in [0.1, 0.15) is 11.8 Å². The normalized spacial score (nSPS) is 11.9. The molecular formula is C16H18BrNO2S2. The molecule has 1 unspecified atom stereocenters. The number of halogens is 1. The van der Waals surface area contributed by atoms with E-state index < -0.39 is 6.10 Å². The second kappa shape index (κ2) is 9.22. The number of thioether (sulfide) groups is 1. The molecule has 0 saturated heterocycles. The van der Waals surface area contributed by atoms with Crippen LogP contribution in [0.2, 0.25) is 0 Å². The Hall–Kier alpha value is -0.980. The predicted octanol–water partition coefficient (Wildman–Crippen LogP) is 4.33. The van der Waals surface area contributed by atoms with Crippen LogP contribution in [0.4, 0.5) is 0 Å². The maximum Gasteiger partial charge on any atom is 0.260 e. The van der Waals surface area contributed by atoms with Crippen molar-refractivity contribution < 1.29 is 9.53 Å². The summed E-state index contributed by atoms with van der Waals surface area (Å²) < 4.78 is 6.74. The smallest absolute Gasteiger partial charge is 0.260 e. The van der Waals surface area contributed by atoms with Crippen LogP contribution >= 0.6 is 39.0 Å². The third-order valence-corrected chi connectivity index (χ3v) is 5.66. The lowest BCUT2D eigenvalue weighted by molar-refractivity contribution is -0.127. The van der Waals surface area contributed by atoms with Crippen molar-refractivity contribution in [2.75, 3.05) is 12.3 Å². The number of rotatable bonds is 8. The highest BCUT2D eigenvalue weighted by Crippen LogP contribution is 2.25. The van der Waals surface area contributed by atoms with E-state index in [-0.39, 0.29) is 5.91 Å². The molecule has 1 aromatic carbocycles. The first-order chi connectivity index (χ1) is 10.6. The highest BCUT2D eigenvalue weighted by molar-refractivity contribution is 9.11. The molecule has 1 atom stereocenters. The molecule has 1 aromatic heterocycles. The number of nitrogens with one attached hydrogen (secondary N) is 1. The minimum atomic E-state index is -0.486. The molecule has 0 aliphatic heterocycles. The van der Waals surface area contributed by atoms with Crippen molar-refractivity contribution in [3.8, 4) is 5.75 Å². The molecule has 22 heavy (non-hydrogen) atoms. The van der Waals surface area contributed by atoms with Gasteiger partial charge >= 0.3 is 0 Å². The van der Waals surface area contributed by atoms with Crippen molar-refractivity contribution in [3.05, 3.63) is 51.1 Å². The Morgan fingerprint density at radius 2 is 2.09 bits per heavy atom. The molecular weight excluding hydrogens is 382 g/mol. The minimum Gasteiger partial charge on any atom is -0.481 e. The molecule has 0 fully saturated rings. The number of ether oxygens (including phenoxy) is 1. The molecule has 1 heterocycles. The monoisotopic (exact) mass is 399 g/mol. The molecule has 0 radical (unpaired) electrons. The number of carbonyl (C=O) groups excluding carboxylic acids is 1. The molecule has 2 rings (SSSR count). The molecule has 0 aliphatic rings. The van der Waals surface area contributed by atoms with E-state index >= 15 is 0 Å². The molecule has 3 nitrogen and oxygen atoms in total. The summed E-state index contributed by atoms with van der Waals surface area (Å²) in [7, 11) is 0. The fourth-order valence-corrected chi connectivity index (χ4v) is 4.20. The molecule has 6 heteroatoms. The summed E-state index contributed by atoms with van der Waals surface area (Å²) in [4.78, 5) is 13.3. The summed E-state index contributed by atoms with van der Waals surface area (Å²) in [6, 6.07) is 13.6. The summed E-state index contributed by atoms with van der Waals surface area (Å²) in [6.07, 6.45) is -0.486. The Morgan fingerprint density at radius 3 is 2.77 bits per heavy atom. The maximum atomic E-state index is 11.9. The number of para-hydroxylation sites is 1. The van der Waals surface area contributed by atoms with Crippen molar-refractivity contribution in [1.29, 1.82) is 0 Å². The SMILES string of the molecule is CC(Oc1ccccc1)C(=O)NCCSCc1ccc(Br)s1. The van der Waals surface area contributed by atoms with E-state index in [0.717, 1.165) is 15.3 Å². The molecule has 1 amide bonds.